The van der Waals surface area contributed by atoms with Crippen molar-refractivity contribution in [2.24, 2.45) is 0 Å². The third kappa shape index (κ3) is 5.31. The van der Waals surface area contributed by atoms with E-state index < -0.39 is 0 Å². The van der Waals surface area contributed by atoms with Crippen molar-refractivity contribution >= 4 is 44.6 Å². The van der Waals surface area contributed by atoms with Gasteiger partial charge in [-0.3, -0.25) is 10.1 Å². The van der Waals surface area contributed by atoms with Crippen LogP contribution >= 0.6 is 11.3 Å². The molecule has 4 rings (SSSR count). The molecule has 0 saturated heterocycles. The molecule has 0 saturated carbocycles. The Bertz CT molecular complexity index is 1260. The van der Waals surface area contributed by atoms with Crippen LogP contribution in [0.15, 0.2) is 71.2 Å². The number of nitrogens with one attached hydrogen (secondary N) is 1. The highest BCUT2D eigenvalue weighted by Gasteiger charge is 2.12. The first-order valence-electron chi connectivity index (χ1n) is 10.3. The van der Waals surface area contributed by atoms with Gasteiger partial charge in [0.05, 0.1) is 22.4 Å². The molecule has 0 unspecified atom stereocenters. The fourth-order valence-electron chi connectivity index (χ4n) is 3.00. The Morgan fingerprint density at radius 3 is 2.78 bits per heavy atom. The molecule has 2 aromatic carbocycles. The minimum Gasteiger partial charge on any atom is -0.462 e. The van der Waals surface area contributed by atoms with Crippen molar-refractivity contribution in [2.75, 3.05) is 11.9 Å². The van der Waals surface area contributed by atoms with E-state index in [9.17, 15) is 9.59 Å². The number of furan rings is 1. The maximum atomic E-state index is 12.3. The molecule has 0 fully saturated rings. The van der Waals surface area contributed by atoms with Crippen LogP contribution in [0.3, 0.4) is 0 Å². The highest BCUT2D eigenvalue weighted by atomic mass is 32.1. The zero-order valence-corrected chi connectivity index (χ0v) is 18.4. The third-order valence-corrected chi connectivity index (χ3v) is 5.60. The number of hydrogen-bond acceptors (Lipinski definition) is 6. The Morgan fingerprint density at radius 1 is 1.12 bits per heavy atom. The van der Waals surface area contributed by atoms with Gasteiger partial charge in [0.1, 0.15) is 11.5 Å². The van der Waals surface area contributed by atoms with Gasteiger partial charge in [-0.05, 0) is 42.8 Å². The summed E-state index contributed by atoms with van der Waals surface area (Å²) < 4.78 is 11.8. The number of carbonyl (C=O) groups excluding carboxylic acids is 2. The highest BCUT2D eigenvalue weighted by Crippen LogP contribution is 2.27. The number of fused-ring (bicyclic) bond motifs is 1. The van der Waals surface area contributed by atoms with Gasteiger partial charge in [0.2, 0.25) is 5.91 Å². The van der Waals surface area contributed by atoms with E-state index in [4.69, 9.17) is 9.15 Å². The molecular formula is C25H22N2O4S. The van der Waals surface area contributed by atoms with Crippen LogP contribution in [0.25, 0.3) is 27.6 Å². The molecule has 162 valence electrons. The van der Waals surface area contributed by atoms with Crippen LogP contribution in [0.5, 0.6) is 0 Å². The normalized spacial score (nSPS) is 11.2. The molecule has 0 radical (unpaired) electrons. The van der Waals surface area contributed by atoms with E-state index in [1.54, 1.807) is 24.3 Å². The first kappa shape index (κ1) is 21.5. The van der Waals surface area contributed by atoms with Crippen molar-refractivity contribution in [1.82, 2.24) is 4.98 Å². The lowest BCUT2D eigenvalue weighted by atomic mass is 10.2. The summed E-state index contributed by atoms with van der Waals surface area (Å²) in [6.07, 6.45) is 4.81. The molecule has 6 nitrogen and oxygen atoms in total. The zero-order chi connectivity index (χ0) is 22.3. The van der Waals surface area contributed by atoms with Gasteiger partial charge in [-0.15, -0.1) is 0 Å². The number of esters is 1. The van der Waals surface area contributed by atoms with Crippen molar-refractivity contribution in [3.05, 3.63) is 78.1 Å². The van der Waals surface area contributed by atoms with Gasteiger partial charge in [0, 0.05) is 11.6 Å². The molecule has 0 aliphatic carbocycles. The van der Waals surface area contributed by atoms with Gasteiger partial charge >= 0.3 is 5.97 Å². The number of thiazole rings is 1. The lowest BCUT2D eigenvalue weighted by molar-refractivity contribution is -0.111. The topological polar surface area (TPSA) is 81.4 Å². The third-order valence-electron chi connectivity index (χ3n) is 4.67. The largest absolute Gasteiger partial charge is 0.462 e. The van der Waals surface area contributed by atoms with Crippen molar-refractivity contribution in [3.63, 3.8) is 0 Å². The fraction of sp³-hybridized carbons (Fsp3) is 0.160. The summed E-state index contributed by atoms with van der Waals surface area (Å²) in [7, 11) is 0. The number of unbranched alkanes of at least 4 members (excludes halogenated alkanes) is 1. The molecule has 1 amide bonds. The Hall–Kier alpha value is -3.71. The monoisotopic (exact) mass is 446 g/mol. The number of nitrogens with zero attached hydrogens (tertiary/aromatic N) is 1. The lowest BCUT2D eigenvalue weighted by Gasteiger charge is -2.03. The smallest absolute Gasteiger partial charge is 0.338 e. The molecular weight excluding hydrogens is 424 g/mol. The zero-order valence-electron chi connectivity index (χ0n) is 17.5. The molecule has 2 aromatic heterocycles. The van der Waals surface area contributed by atoms with E-state index >= 15 is 0 Å². The summed E-state index contributed by atoms with van der Waals surface area (Å²) in [6.45, 7) is 2.45. The van der Waals surface area contributed by atoms with E-state index in [1.807, 2.05) is 49.4 Å². The maximum absolute atomic E-state index is 12.3. The summed E-state index contributed by atoms with van der Waals surface area (Å²) in [5.41, 5.74) is 2.15. The highest BCUT2D eigenvalue weighted by molar-refractivity contribution is 7.22. The molecule has 0 atom stereocenters. The van der Waals surface area contributed by atoms with Crippen LogP contribution < -0.4 is 5.32 Å². The SMILES string of the molecule is CCCCOC(=O)c1ccc2nc(NC(=O)/C=C/c3ccc(-c4ccccc4)o3)sc2c1. The van der Waals surface area contributed by atoms with Crippen LogP contribution in [-0.2, 0) is 9.53 Å². The van der Waals surface area contributed by atoms with Gasteiger partial charge in [0.25, 0.3) is 0 Å². The molecule has 0 aliphatic heterocycles. The van der Waals surface area contributed by atoms with Crippen LogP contribution in [0, 0.1) is 0 Å². The first-order valence-corrected chi connectivity index (χ1v) is 11.2. The molecule has 0 spiro atoms. The second kappa shape index (κ2) is 10.1. The molecule has 0 aliphatic rings. The quantitative estimate of drug-likeness (QED) is 0.199. The second-order valence-corrected chi connectivity index (χ2v) is 8.11. The number of aromatic nitrogens is 1. The van der Waals surface area contributed by atoms with Crippen LogP contribution in [0.1, 0.15) is 35.9 Å². The van der Waals surface area contributed by atoms with Gasteiger partial charge in [0.15, 0.2) is 5.13 Å². The van der Waals surface area contributed by atoms with E-state index in [1.165, 1.54) is 17.4 Å². The van der Waals surface area contributed by atoms with E-state index in [0.717, 1.165) is 28.9 Å². The number of rotatable bonds is 8. The molecule has 32 heavy (non-hydrogen) atoms. The summed E-state index contributed by atoms with van der Waals surface area (Å²) >= 11 is 1.30. The summed E-state index contributed by atoms with van der Waals surface area (Å²) in [6, 6.07) is 18.6. The minimum absolute atomic E-state index is 0.319. The van der Waals surface area contributed by atoms with E-state index in [2.05, 4.69) is 10.3 Å². The summed E-state index contributed by atoms with van der Waals surface area (Å²) in [5.74, 6) is 0.645. The van der Waals surface area contributed by atoms with Crippen LogP contribution in [-0.4, -0.2) is 23.5 Å². The molecule has 7 heteroatoms. The predicted octanol–water partition coefficient (Wildman–Crippen LogP) is 6.17. The average Bonchev–Trinajstić information content (AvgIpc) is 3.44. The van der Waals surface area contributed by atoms with Crippen molar-refractivity contribution < 1.29 is 18.7 Å². The minimum atomic E-state index is -0.351. The number of anilines is 1. The number of amides is 1. The number of benzene rings is 2. The Morgan fingerprint density at radius 2 is 1.97 bits per heavy atom. The predicted molar refractivity (Wildman–Crippen MR) is 127 cm³/mol. The van der Waals surface area contributed by atoms with Crippen LogP contribution in [0.4, 0.5) is 5.13 Å². The van der Waals surface area contributed by atoms with E-state index in [0.29, 0.717) is 28.6 Å². The molecule has 2 heterocycles. The van der Waals surface area contributed by atoms with Gasteiger partial charge in [-0.2, -0.15) is 0 Å². The Balaban J connectivity index is 1.39. The van der Waals surface area contributed by atoms with E-state index in [-0.39, 0.29) is 11.9 Å². The number of ether oxygens (including phenoxy) is 1. The van der Waals surface area contributed by atoms with Crippen molar-refractivity contribution in [1.29, 1.82) is 0 Å². The molecule has 0 bridgehead atoms. The Labute approximate surface area is 189 Å². The fourth-order valence-corrected chi connectivity index (χ4v) is 3.91. The van der Waals surface area contributed by atoms with Gasteiger partial charge < -0.3 is 9.15 Å². The van der Waals surface area contributed by atoms with Crippen LogP contribution in [0.2, 0.25) is 0 Å². The summed E-state index contributed by atoms with van der Waals surface area (Å²) in [5, 5.41) is 3.21. The number of hydrogen-bond donors (Lipinski definition) is 1. The first-order chi connectivity index (χ1) is 15.6. The van der Waals surface area contributed by atoms with Gasteiger partial charge in [-0.25, -0.2) is 9.78 Å². The van der Waals surface area contributed by atoms with Crippen molar-refractivity contribution in [2.45, 2.75) is 19.8 Å². The molecule has 1 N–H and O–H groups in total. The van der Waals surface area contributed by atoms with Crippen molar-refractivity contribution in [3.8, 4) is 11.3 Å². The number of carbonyl (C=O) groups is 2. The maximum Gasteiger partial charge on any atom is 0.338 e. The standard InChI is InChI=1S/C25H22N2O4S/c1-2-3-15-30-24(29)18-9-12-20-22(16-18)32-25(26-20)27-23(28)14-11-19-10-13-21(31-19)17-7-5-4-6-8-17/h4-14,16H,2-3,15H2,1H3,(H,26,27,28)/b14-11+. The Kier molecular flexibility index (Phi) is 6.77. The molecule has 4 aromatic rings. The lowest BCUT2D eigenvalue weighted by Crippen LogP contribution is -2.07. The average molecular weight is 447 g/mol. The van der Waals surface area contributed by atoms with Gasteiger partial charge in [-0.1, -0.05) is 55.0 Å². The summed E-state index contributed by atoms with van der Waals surface area (Å²) in [4.78, 5) is 28.9. The second-order valence-electron chi connectivity index (χ2n) is 7.08.